The van der Waals surface area contributed by atoms with Crippen molar-refractivity contribution in [3.8, 4) is 17.2 Å². The highest BCUT2D eigenvalue weighted by Crippen LogP contribution is 2.25. The van der Waals surface area contributed by atoms with Crippen LogP contribution in [0.4, 0.5) is 0 Å². The molecule has 0 fully saturated rings. The number of benzene rings is 2. The summed E-state index contributed by atoms with van der Waals surface area (Å²) in [7, 11) is 1.47. The molecule has 6 nitrogen and oxygen atoms in total. The van der Waals surface area contributed by atoms with Crippen molar-refractivity contribution >= 4 is 12.1 Å². The molecule has 0 heterocycles. The van der Waals surface area contributed by atoms with E-state index in [9.17, 15) is 9.90 Å². The summed E-state index contributed by atoms with van der Waals surface area (Å²) < 4.78 is 10.5. The first-order chi connectivity index (χ1) is 11.5. The molecule has 6 heteroatoms. The Morgan fingerprint density at radius 1 is 1.25 bits per heavy atom. The van der Waals surface area contributed by atoms with Crippen molar-refractivity contribution in [2.75, 3.05) is 13.7 Å². The molecule has 126 valence electrons. The maximum absolute atomic E-state index is 11.8. The van der Waals surface area contributed by atoms with Gasteiger partial charge in [0.15, 0.2) is 18.1 Å². The number of carbonyl (C=O) groups excluding carboxylic acids is 1. The van der Waals surface area contributed by atoms with Gasteiger partial charge in [0.1, 0.15) is 5.75 Å². The molecule has 0 saturated heterocycles. The third-order valence-electron chi connectivity index (χ3n) is 3.36. The average Bonchev–Trinajstić information content (AvgIpc) is 2.54. The summed E-state index contributed by atoms with van der Waals surface area (Å²) >= 11 is 0. The third kappa shape index (κ3) is 4.49. The zero-order valence-corrected chi connectivity index (χ0v) is 13.9. The minimum absolute atomic E-state index is 0.00568. The van der Waals surface area contributed by atoms with Crippen molar-refractivity contribution in [3.63, 3.8) is 0 Å². The van der Waals surface area contributed by atoms with E-state index >= 15 is 0 Å². The van der Waals surface area contributed by atoms with E-state index < -0.39 is 0 Å². The lowest BCUT2D eigenvalue weighted by Gasteiger charge is -2.10. The number of nitrogens with one attached hydrogen (secondary N) is 1. The van der Waals surface area contributed by atoms with E-state index in [2.05, 4.69) is 10.5 Å². The number of phenols is 1. The van der Waals surface area contributed by atoms with Gasteiger partial charge in [-0.2, -0.15) is 5.10 Å². The highest BCUT2D eigenvalue weighted by Gasteiger charge is 2.06. The summed E-state index contributed by atoms with van der Waals surface area (Å²) in [6.07, 6.45) is 1.43. The molecule has 0 unspecified atom stereocenters. The van der Waals surface area contributed by atoms with E-state index in [1.54, 1.807) is 12.1 Å². The summed E-state index contributed by atoms with van der Waals surface area (Å²) in [4.78, 5) is 11.8. The summed E-state index contributed by atoms with van der Waals surface area (Å²) in [5.41, 5.74) is 4.95. The number of aryl methyl sites for hydroxylation is 2. The molecule has 0 aliphatic rings. The molecule has 2 aromatic carbocycles. The van der Waals surface area contributed by atoms with Gasteiger partial charge in [0.25, 0.3) is 5.91 Å². The second-order valence-corrected chi connectivity index (χ2v) is 5.23. The molecule has 0 spiro atoms. The van der Waals surface area contributed by atoms with Crippen LogP contribution >= 0.6 is 0 Å². The van der Waals surface area contributed by atoms with Crippen molar-refractivity contribution in [3.05, 3.63) is 53.1 Å². The predicted octanol–water partition coefficient (Wildman–Crippen LogP) is 2.55. The number of hydrazone groups is 1. The average molecular weight is 328 g/mol. The Labute approximate surface area is 140 Å². The van der Waals surface area contributed by atoms with E-state index in [-0.39, 0.29) is 18.3 Å². The number of hydrogen-bond acceptors (Lipinski definition) is 5. The topological polar surface area (TPSA) is 80.2 Å². The normalized spacial score (nSPS) is 10.6. The van der Waals surface area contributed by atoms with Gasteiger partial charge in [-0.3, -0.25) is 4.79 Å². The van der Waals surface area contributed by atoms with Gasteiger partial charge in [-0.25, -0.2) is 5.43 Å². The highest BCUT2D eigenvalue weighted by atomic mass is 16.5. The number of amides is 1. The van der Waals surface area contributed by atoms with Crippen molar-refractivity contribution in [1.29, 1.82) is 0 Å². The van der Waals surface area contributed by atoms with Crippen molar-refractivity contribution < 1.29 is 19.4 Å². The van der Waals surface area contributed by atoms with Crippen molar-refractivity contribution in [2.45, 2.75) is 13.8 Å². The SMILES string of the molecule is COc1ccc(C=NNC(=O)COc2c(C)cccc2C)cc1O. The maximum atomic E-state index is 11.8. The molecule has 0 atom stereocenters. The van der Waals surface area contributed by atoms with Gasteiger partial charge in [0.2, 0.25) is 0 Å². The van der Waals surface area contributed by atoms with Gasteiger partial charge in [-0.15, -0.1) is 0 Å². The predicted molar refractivity (Wildman–Crippen MR) is 91.8 cm³/mol. The number of phenolic OH excluding ortho intramolecular Hbond substituents is 1. The van der Waals surface area contributed by atoms with Gasteiger partial charge in [-0.1, -0.05) is 18.2 Å². The lowest BCUT2D eigenvalue weighted by Crippen LogP contribution is -2.25. The number of aromatic hydroxyl groups is 1. The zero-order chi connectivity index (χ0) is 17.5. The van der Waals surface area contributed by atoms with E-state index in [1.165, 1.54) is 19.4 Å². The number of nitrogens with zero attached hydrogens (tertiary/aromatic N) is 1. The second kappa shape index (κ2) is 8.01. The number of para-hydroxylation sites is 1. The second-order valence-electron chi connectivity index (χ2n) is 5.23. The Kier molecular flexibility index (Phi) is 5.78. The van der Waals surface area contributed by atoms with Crippen LogP contribution in [0.1, 0.15) is 16.7 Å². The maximum Gasteiger partial charge on any atom is 0.277 e. The van der Waals surface area contributed by atoms with Crippen LogP contribution in [-0.4, -0.2) is 30.9 Å². The molecule has 0 aliphatic carbocycles. The molecule has 0 bridgehead atoms. The largest absolute Gasteiger partial charge is 0.504 e. The zero-order valence-electron chi connectivity index (χ0n) is 13.9. The van der Waals surface area contributed by atoms with E-state index in [1.807, 2.05) is 32.0 Å². The third-order valence-corrected chi connectivity index (χ3v) is 3.36. The van der Waals surface area contributed by atoms with E-state index in [4.69, 9.17) is 9.47 Å². The Bertz CT molecular complexity index is 736. The van der Waals surface area contributed by atoms with Crippen molar-refractivity contribution in [2.24, 2.45) is 5.10 Å². The lowest BCUT2D eigenvalue weighted by molar-refractivity contribution is -0.123. The van der Waals surface area contributed by atoms with Crippen LogP contribution in [0.3, 0.4) is 0 Å². The first-order valence-electron chi connectivity index (χ1n) is 7.39. The molecule has 24 heavy (non-hydrogen) atoms. The monoisotopic (exact) mass is 328 g/mol. The first kappa shape index (κ1) is 17.3. The number of rotatable bonds is 6. The number of methoxy groups -OCH3 is 1. The van der Waals surface area contributed by atoms with Crippen LogP contribution in [0, 0.1) is 13.8 Å². The standard InChI is InChI=1S/C18H20N2O4/c1-12-5-4-6-13(2)18(12)24-11-17(22)20-19-10-14-7-8-16(23-3)15(21)9-14/h4-10,21H,11H2,1-3H3,(H,20,22). The van der Waals surface area contributed by atoms with Gasteiger partial charge >= 0.3 is 0 Å². The highest BCUT2D eigenvalue weighted by molar-refractivity contribution is 5.83. The number of carbonyl (C=O) groups is 1. The fourth-order valence-corrected chi connectivity index (χ4v) is 2.16. The Morgan fingerprint density at radius 3 is 2.58 bits per heavy atom. The van der Waals surface area contributed by atoms with Crippen LogP contribution in [0.15, 0.2) is 41.5 Å². The van der Waals surface area contributed by atoms with Crippen molar-refractivity contribution in [1.82, 2.24) is 5.43 Å². The summed E-state index contributed by atoms with van der Waals surface area (Å²) in [5.74, 6) is 0.715. The summed E-state index contributed by atoms with van der Waals surface area (Å²) in [5, 5.41) is 13.5. The minimum atomic E-state index is -0.369. The fraction of sp³-hybridized carbons (Fsp3) is 0.222. The fourth-order valence-electron chi connectivity index (χ4n) is 2.16. The Balaban J connectivity index is 1.88. The van der Waals surface area contributed by atoms with Crippen LogP contribution in [0.25, 0.3) is 0 Å². The van der Waals surface area contributed by atoms with Gasteiger partial charge in [0, 0.05) is 0 Å². The first-order valence-corrected chi connectivity index (χ1v) is 7.39. The van der Waals surface area contributed by atoms with Crippen LogP contribution in [0.5, 0.6) is 17.2 Å². The molecule has 0 aliphatic heterocycles. The van der Waals surface area contributed by atoms with Crippen LogP contribution in [0.2, 0.25) is 0 Å². The minimum Gasteiger partial charge on any atom is -0.504 e. The summed E-state index contributed by atoms with van der Waals surface area (Å²) in [6, 6.07) is 10.6. The Hall–Kier alpha value is -3.02. The molecule has 2 N–H and O–H groups in total. The van der Waals surface area contributed by atoms with E-state index in [0.29, 0.717) is 17.1 Å². The molecule has 0 saturated carbocycles. The molecule has 0 aromatic heterocycles. The molecular weight excluding hydrogens is 308 g/mol. The number of ether oxygens (including phenoxy) is 2. The lowest BCUT2D eigenvalue weighted by atomic mass is 10.1. The Morgan fingerprint density at radius 2 is 1.96 bits per heavy atom. The van der Waals surface area contributed by atoms with Gasteiger partial charge in [0.05, 0.1) is 13.3 Å². The molecule has 0 radical (unpaired) electrons. The molecule has 2 aromatic rings. The smallest absolute Gasteiger partial charge is 0.277 e. The molecular formula is C18H20N2O4. The number of hydrogen-bond donors (Lipinski definition) is 2. The van der Waals surface area contributed by atoms with Gasteiger partial charge < -0.3 is 14.6 Å². The molecule has 1 amide bonds. The van der Waals surface area contributed by atoms with Crippen LogP contribution < -0.4 is 14.9 Å². The quantitative estimate of drug-likeness (QED) is 0.631. The molecule has 2 rings (SSSR count). The van der Waals surface area contributed by atoms with E-state index in [0.717, 1.165) is 11.1 Å². The van der Waals surface area contributed by atoms with Gasteiger partial charge in [-0.05, 0) is 48.7 Å². The summed E-state index contributed by atoms with van der Waals surface area (Å²) in [6.45, 7) is 3.72. The van der Waals surface area contributed by atoms with Crippen LogP contribution in [-0.2, 0) is 4.79 Å².